The lowest BCUT2D eigenvalue weighted by Crippen LogP contribution is -2.31. The van der Waals surface area contributed by atoms with Gasteiger partial charge in [-0.15, -0.1) is 0 Å². The first-order chi connectivity index (χ1) is 12.6. The van der Waals surface area contributed by atoms with Gasteiger partial charge in [0.25, 0.3) is 5.91 Å². The maximum Gasteiger partial charge on any atom is 0.257 e. The number of carbonyl (C=O) groups excluding carboxylic acids is 2. The molecule has 0 aromatic heterocycles. The van der Waals surface area contributed by atoms with Crippen molar-refractivity contribution in [2.45, 2.75) is 6.42 Å². The third-order valence-electron chi connectivity index (χ3n) is 3.87. The summed E-state index contributed by atoms with van der Waals surface area (Å²) in [6.07, 6.45) is 1.56. The van der Waals surface area contributed by atoms with Gasteiger partial charge in [-0.3, -0.25) is 9.59 Å². The average molecular weight is 356 g/mol. The summed E-state index contributed by atoms with van der Waals surface area (Å²) in [6.45, 7) is 1.30. The van der Waals surface area contributed by atoms with Crippen LogP contribution in [0.25, 0.3) is 0 Å². The zero-order valence-electron chi connectivity index (χ0n) is 15.1. The Hall–Kier alpha value is -3.02. The summed E-state index contributed by atoms with van der Waals surface area (Å²) in [5.74, 6) is 0.651. The number of nitrogens with one attached hydrogen (secondary N) is 1. The predicted molar refractivity (Wildman–Crippen MR) is 101 cm³/mol. The Bertz CT molecular complexity index is 719. The average Bonchev–Trinajstić information content (AvgIpc) is 2.69. The number of para-hydroxylation sites is 1. The number of methoxy groups -OCH3 is 1. The maximum absolute atomic E-state index is 11.9. The van der Waals surface area contributed by atoms with Gasteiger partial charge in [0.2, 0.25) is 0 Å². The Morgan fingerprint density at radius 3 is 2.62 bits per heavy atom. The van der Waals surface area contributed by atoms with E-state index in [2.05, 4.69) is 22.3 Å². The van der Waals surface area contributed by atoms with Crippen LogP contribution in [0.3, 0.4) is 0 Å². The van der Waals surface area contributed by atoms with E-state index in [1.165, 1.54) is 7.11 Å². The molecule has 2 rings (SSSR count). The van der Waals surface area contributed by atoms with Crippen molar-refractivity contribution in [3.05, 3.63) is 54.1 Å². The van der Waals surface area contributed by atoms with Crippen molar-refractivity contribution in [2.75, 3.05) is 38.8 Å². The van der Waals surface area contributed by atoms with Gasteiger partial charge in [-0.2, -0.15) is 0 Å². The molecule has 0 heterocycles. The third kappa shape index (κ3) is 5.81. The summed E-state index contributed by atoms with van der Waals surface area (Å²) in [5.41, 5.74) is 1.63. The summed E-state index contributed by atoms with van der Waals surface area (Å²) in [7, 11) is 3.51. The summed E-state index contributed by atoms with van der Waals surface area (Å²) >= 11 is 0. The minimum absolute atomic E-state index is 0.106. The van der Waals surface area contributed by atoms with Gasteiger partial charge in [0.15, 0.2) is 18.1 Å². The van der Waals surface area contributed by atoms with E-state index in [1.807, 2.05) is 25.2 Å². The highest BCUT2D eigenvalue weighted by molar-refractivity contribution is 5.78. The van der Waals surface area contributed by atoms with E-state index < -0.39 is 0 Å². The van der Waals surface area contributed by atoms with E-state index in [9.17, 15) is 9.59 Å². The molecular formula is C20H24N2O4. The fraction of sp³-hybridized carbons (Fsp3) is 0.300. The zero-order valence-corrected chi connectivity index (χ0v) is 15.1. The van der Waals surface area contributed by atoms with E-state index in [-0.39, 0.29) is 12.5 Å². The van der Waals surface area contributed by atoms with Gasteiger partial charge in [-0.25, -0.2) is 0 Å². The Labute approximate surface area is 153 Å². The molecule has 1 amide bonds. The molecular weight excluding hydrogens is 332 g/mol. The van der Waals surface area contributed by atoms with Crippen molar-refractivity contribution in [1.29, 1.82) is 0 Å². The van der Waals surface area contributed by atoms with E-state index in [0.717, 1.165) is 24.9 Å². The van der Waals surface area contributed by atoms with Crippen LogP contribution in [0.15, 0.2) is 48.5 Å². The molecule has 0 radical (unpaired) electrons. The molecule has 2 aromatic rings. The van der Waals surface area contributed by atoms with E-state index >= 15 is 0 Å². The zero-order chi connectivity index (χ0) is 18.8. The summed E-state index contributed by atoms with van der Waals surface area (Å²) < 4.78 is 10.6. The van der Waals surface area contributed by atoms with Gasteiger partial charge in [-0.1, -0.05) is 18.2 Å². The van der Waals surface area contributed by atoms with Crippen molar-refractivity contribution in [3.63, 3.8) is 0 Å². The number of anilines is 1. The molecule has 0 unspecified atom stereocenters. The molecule has 0 aliphatic rings. The molecule has 0 fully saturated rings. The Morgan fingerprint density at radius 2 is 1.92 bits per heavy atom. The molecule has 1 N–H and O–H groups in total. The van der Waals surface area contributed by atoms with Crippen LogP contribution in [0.1, 0.15) is 16.8 Å². The minimum atomic E-state index is -0.200. The van der Waals surface area contributed by atoms with Crippen LogP contribution in [-0.4, -0.2) is 46.0 Å². The van der Waals surface area contributed by atoms with Crippen molar-refractivity contribution in [1.82, 2.24) is 5.32 Å². The van der Waals surface area contributed by atoms with Gasteiger partial charge in [0, 0.05) is 31.4 Å². The molecule has 0 atom stereocenters. The maximum atomic E-state index is 11.9. The molecule has 6 nitrogen and oxygen atoms in total. The Balaban J connectivity index is 1.70. The summed E-state index contributed by atoms with van der Waals surface area (Å²) in [4.78, 5) is 24.8. The highest BCUT2D eigenvalue weighted by Gasteiger charge is 2.08. The number of aldehydes is 1. The lowest BCUT2D eigenvalue weighted by Gasteiger charge is -2.19. The van der Waals surface area contributed by atoms with Gasteiger partial charge >= 0.3 is 0 Å². The van der Waals surface area contributed by atoms with Gasteiger partial charge in [-0.05, 0) is 36.8 Å². The standard InChI is InChI=1S/C20H24N2O4/c1-22(17-7-4-3-5-8-17)12-6-11-21-20(24)15-26-18-10-9-16(14-23)13-19(18)25-2/h3-5,7-10,13-14H,6,11-12,15H2,1-2H3,(H,21,24). The molecule has 138 valence electrons. The second-order valence-corrected chi connectivity index (χ2v) is 5.78. The first-order valence-electron chi connectivity index (χ1n) is 8.43. The first kappa shape index (κ1) is 19.3. The number of hydrogen-bond donors (Lipinski definition) is 1. The van der Waals surface area contributed by atoms with Gasteiger partial charge in [0.1, 0.15) is 6.29 Å². The second kappa shape index (κ2) is 10.1. The summed E-state index contributed by atoms with van der Waals surface area (Å²) in [5, 5.41) is 2.83. The fourth-order valence-corrected chi connectivity index (χ4v) is 2.43. The molecule has 0 saturated carbocycles. The SMILES string of the molecule is COc1cc(C=O)ccc1OCC(=O)NCCCN(C)c1ccccc1. The monoisotopic (exact) mass is 356 g/mol. The molecule has 0 aliphatic carbocycles. The van der Waals surface area contributed by atoms with Crippen molar-refractivity contribution >= 4 is 17.9 Å². The molecule has 0 bridgehead atoms. The smallest absolute Gasteiger partial charge is 0.257 e. The molecule has 6 heteroatoms. The van der Waals surface area contributed by atoms with E-state index in [0.29, 0.717) is 23.6 Å². The van der Waals surface area contributed by atoms with Crippen LogP contribution >= 0.6 is 0 Å². The number of carbonyl (C=O) groups is 2. The van der Waals surface area contributed by atoms with Crippen LogP contribution in [0, 0.1) is 0 Å². The van der Waals surface area contributed by atoms with Crippen LogP contribution in [0.4, 0.5) is 5.69 Å². The normalized spacial score (nSPS) is 10.1. The Kier molecular flexibility index (Phi) is 7.49. The third-order valence-corrected chi connectivity index (χ3v) is 3.87. The van der Waals surface area contributed by atoms with Crippen LogP contribution in [-0.2, 0) is 4.79 Å². The number of nitrogens with zero attached hydrogens (tertiary/aromatic N) is 1. The minimum Gasteiger partial charge on any atom is -0.493 e. The predicted octanol–water partition coefficient (Wildman–Crippen LogP) is 2.53. The highest BCUT2D eigenvalue weighted by Crippen LogP contribution is 2.27. The van der Waals surface area contributed by atoms with E-state index in [4.69, 9.17) is 9.47 Å². The van der Waals surface area contributed by atoms with Crippen molar-refractivity contribution in [2.24, 2.45) is 0 Å². The second-order valence-electron chi connectivity index (χ2n) is 5.78. The number of benzene rings is 2. The van der Waals surface area contributed by atoms with Crippen LogP contribution in [0.2, 0.25) is 0 Å². The highest BCUT2D eigenvalue weighted by atomic mass is 16.5. The van der Waals surface area contributed by atoms with Crippen molar-refractivity contribution < 1.29 is 19.1 Å². The Morgan fingerprint density at radius 1 is 1.15 bits per heavy atom. The quantitative estimate of drug-likeness (QED) is 0.523. The van der Waals surface area contributed by atoms with Gasteiger partial charge < -0.3 is 19.7 Å². The molecule has 0 aliphatic heterocycles. The van der Waals surface area contributed by atoms with Crippen LogP contribution < -0.4 is 19.7 Å². The van der Waals surface area contributed by atoms with Gasteiger partial charge in [0.05, 0.1) is 7.11 Å². The fourth-order valence-electron chi connectivity index (χ4n) is 2.43. The lowest BCUT2D eigenvalue weighted by molar-refractivity contribution is -0.123. The van der Waals surface area contributed by atoms with E-state index in [1.54, 1.807) is 18.2 Å². The largest absolute Gasteiger partial charge is 0.493 e. The molecule has 2 aromatic carbocycles. The van der Waals surface area contributed by atoms with Crippen LogP contribution in [0.5, 0.6) is 11.5 Å². The number of rotatable bonds is 10. The molecule has 0 spiro atoms. The number of hydrogen-bond acceptors (Lipinski definition) is 5. The molecule has 26 heavy (non-hydrogen) atoms. The molecule has 0 saturated heterocycles. The first-order valence-corrected chi connectivity index (χ1v) is 8.43. The number of ether oxygens (including phenoxy) is 2. The van der Waals surface area contributed by atoms with Crippen molar-refractivity contribution in [3.8, 4) is 11.5 Å². The summed E-state index contributed by atoms with van der Waals surface area (Å²) in [6, 6.07) is 14.9. The number of amides is 1. The topological polar surface area (TPSA) is 67.9 Å². The lowest BCUT2D eigenvalue weighted by atomic mass is 10.2.